The van der Waals surface area contributed by atoms with Gasteiger partial charge in [0.25, 0.3) is 0 Å². The van der Waals surface area contributed by atoms with Crippen LogP contribution in [-0.2, 0) is 22.3 Å². The number of benzene rings is 1. The summed E-state index contributed by atoms with van der Waals surface area (Å²) in [5.74, 6) is -0.0505. The standard InChI is InChI=1S/C12H15N3O2S2/c1-9-12(18-8-14-9)6-15-19(16,17)7-10-2-4-11(13)5-3-10/h2-5,8,15H,6-7,13H2,1H3. The number of anilines is 1. The first kappa shape index (κ1) is 14.0. The van der Waals surface area contributed by atoms with E-state index in [-0.39, 0.29) is 12.3 Å². The molecule has 5 nitrogen and oxygen atoms in total. The summed E-state index contributed by atoms with van der Waals surface area (Å²) in [6, 6.07) is 6.81. The second-order valence-electron chi connectivity index (χ2n) is 4.18. The summed E-state index contributed by atoms with van der Waals surface area (Å²) < 4.78 is 26.4. The van der Waals surface area contributed by atoms with Crippen molar-refractivity contribution in [2.75, 3.05) is 5.73 Å². The van der Waals surface area contributed by atoms with E-state index in [1.54, 1.807) is 29.8 Å². The van der Waals surface area contributed by atoms with Gasteiger partial charge in [-0.15, -0.1) is 11.3 Å². The van der Waals surface area contributed by atoms with Crippen LogP contribution in [0.3, 0.4) is 0 Å². The number of nitrogens with zero attached hydrogens (tertiary/aromatic N) is 1. The van der Waals surface area contributed by atoms with E-state index in [0.717, 1.165) is 10.6 Å². The van der Waals surface area contributed by atoms with E-state index in [0.29, 0.717) is 11.3 Å². The molecule has 2 aromatic rings. The van der Waals surface area contributed by atoms with Crippen molar-refractivity contribution in [3.63, 3.8) is 0 Å². The van der Waals surface area contributed by atoms with E-state index >= 15 is 0 Å². The van der Waals surface area contributed by atoms with Crippen LogP contribution in [0.15, 0.2) is 29.8 Å². The first-order chi connectivity index (χ1) is 8.96. The van der Waals surface area contributed by atoms with Crippen molar-refractivity contribution in [2.45, 2.75) is 19.2 Å². The molecule has 0 amide bonds. The Balaban J connectivity index is 1.99. The van der Waals surface area contributed by atoms with E-state index < -0.39 is 10.0 Å². The Bertz CT molecular complexity index is 648. The van der Waals surface area contributed by atoms with Crippen LogP contribution in [0.2, 0.25) is 0 Å². The van der Waals surface area contributed by atoms with Crippen LogP contribution in [0.5, 0.6) is 0 Å². The van der Waals surface area contributed by atoms with E-state index in [1.807, 2.05) is 6.92 Å². The minimum Gasteiger partial charge on any atom is -0.399 e. The number of hydrogen-bond acceptors (Lipinski definition) is 5. The van der Waals surface area contributed by atoms with Gasteiger partial charge >= 0.3 is 0 Å². The molecule has 0 aliphatic carbocycles. The molecule has 1 heterocycles. The maximum absolute atomic E-state index is 11.9. The summed E-state index contributed by atoms with van der Waals surface area (Å²) in [6.45, 7) is 2.15. The van der Waals surface area contributed by atoms with Gasteiger partial charge in [0.2, 0.25) is 10.0 Å². The van der Waals surface area contributed by atoms with Gasteiger partial charge in [0.15, 0.2) is 0 Å². The third kappa shape index (κ3) is 4.02. The zero-order valence-electron chi connectivity index (χ0n) is 10.5. The third-order valence-electron chi connectivity index (χ3n) is 2.63. The lowest BCUT2D eigenvalue weighted by atomic mass is 10.2. The molecule has 3 N–H and O–H groups in total. The van der Waals surface area contributed by atoms with Crippen molar-refractivity contribution in [3.05, 3.63) is 45.9 Å². The van der Waals surface area contributed by atoms with Gasteiger partial charge in [0.05, 0.1) is 17.0 Å². The van der Waals surface area contributed by atoms with Gasteiger partial charge in [0.1, 0.15) is 0 Å². The smallest absolute Gasteiger partial charge is 0.216 e. The van der Waals surface area contributed by atoms with Gasteiger partial charge < -0.3 is 5.73 Å². The number of aromatic nitrogens is 1. The number of nitrogen functional groups attached to an aromatic ring is 1. The molecule has 0 atom stereocenters. The van der Waals surface area contributed by atoms with Gasteiger partial charge in [-0.05, 0) is 24.6 Å². The molecule has 7 heteroatoms. The summed E-state index contributed by atoms with van der Waals surface area (Å²) in [7, 11) is -3.35. The molecule has 0 unspecified atom stereocenters. The largest absolute Gasteiger partial charge is 0.399 e. The molecule has 0 saturated heterocycles. The van der Waals surface area contributed by atoms with Gasteiger partial charge in [-0.2, -0.15) is 0 Å². The van der Waals surface area contributed by atoms with Gasteiger partial charge in [-0.25, -0.2) is 18.1 Å². The van der Waals surface area contributed by atoms with Crippen LogP contribution in [0.4, 0.5) is 5.69 Å². The molecule has 1 aromatic carbocycles. The fourth-order valence-electron chi connectivity index (χ4n) is 1.56. The van der Waals surface area contributed by atoms with Crippen LogP contribution >= 0.6 is 11.3 Å². The Kier molecular flexibility index (Phi) is 4.18. The number of aryl methyl sites for hydroxylation is 1. The summed E-state index contributed by atoms with van der Waals surface area (Å²) >= 11 is 1.44. The fourth-order valence-corrected chi connectivity index (χ4v) is 3.46. The Labute approximate surface area is 116 Å². The second kappa shape index (κ2) is 5.68. The predicted molar refractivity (Wildman–Crippen MR) is 77.2 cm³/mol. The Hall–Kier alpha value is -1.44. The lowest BCUT2D eigenvalue weighted by Gasteiger charge is -2.06. The third-order valence-corrected chi connectivity index (χ3v) is 4.87. The first-order valence-corrected chi connectivity index (χ1v) is 8.20. The summed E-state index contributed by atoms with van der Waals surface area (Å²) in [5.41, 5.74) is 9.46. The molecule has 0 aliphatic rings. The highest BCUT2D eigenvalue weighted by atomic mass is 32.2. The molecule has 0 radical (unpaired) electrons. The normalized spacial score (nSPS) is 11.6. The van der Waals surface area contributed by atoms with E-state index in [4.69, 9.17) is 5.73 Å². The van der Waals surface area contributed by atoms with Gasteiger partial charge in [-0.1, -0.05) is 12.1 Å². The van der Waals surface area contributed by atoms with E-state index in [1.165, 1.54) is 11.3 Å². The van der Waals surface area contributed by atoms with Crippen LogP contribution in [0.1, 0.15) is 16.1 Å². The first-order valence-electron chi connectivity index (χ1n) is 5.67. The van der Waals surface area contributed by atoms with Crippen molar-refractivity contribution < 1.29 is 8.42 Å². The van der Waals surface area contributed by atoms with Crippen molar-refractivity contribution in [1.82, 2.24) is 9.71 Å². The maximum Gasteiger partial charge on any atom is 0.216 e. The van der Waals surface area contributed by atoms with E-state index in [9.17, 15) is 8.42 Å². The lowest BCUT2D eigenvalue weighted by Crippen LogP contribution is -2.24. The van der Waals surface area contributed by atoms with Crippen LogP contribution in [0, 0.1) is 6.92 Å². The molecule has 0 aliphatic heterocycles. The quantitative estimate of drug-likeness (QED) is 0.822. The topological polar surface area (TPSA) is 85.1 Å². The molecular formula is C12H15N3O2S2. The van der Waals surface area contributed by atoms with Gasteiger partial charge in [0, 0.05) is 17.1 Å². The molecule has 0 fully saturated rings. The number of rotatable bonds is 5. The fraction of sp³-hybridized carbons (Fsp3) is 0.250. The maximum atomic E-state index is 11.9. The molecule has 2 rings (SSSR count). The molecule has 0 spiro atoms. The molecule has 1 aromatic heterocycles. The number of nitrogens with one attached hydrogen (secondary N) is 1. The Morgan fingerprint density at radius 3 is 2.58 bits per heavy atom. The minimum atomic E-state index is -3.35. The van der Waals surface area contributed by atoms with Crippen LogP contribution in [-0.4, -0.2) is 13.4 Å². The average molecular weight is 297 g/mol. The zero-order chi connectivity index (χ0) is 13.9. The predicted octanol–water partition coefficient (Wildman–Crippen LogP) is 1.65. The Morgan fingerprint density at radius 2 is 2.00 bits per heavy atom. The van der Waals surface area contributed by atoms with E-state index in [2.05, 4.69) is 9.71 Å². The van der Waals surface area contributed by atoms with Crippen LogP contribution < -0.4 is 10.5 Å². The molecule has 0 bridgehead atoms. The molecule has 102 valence electrons. The lowest BCUT2D eigenvalue weighted by molar-refractivity contribution is 0.581. The van der Waals surface area contributed by atoms with Crippen molar-refractivity contribution in [1.29, 1.82) is 0 Å². The summed E-state index contributed by atoms with van der Waals surface area (Å²) in [4.78, 5) is 5.01. The highest BCUT2D eigenvalue weighted by Crippen LogP contribution is 2.13. The highest BCUT2D eigenvalue weighted by Gasteiger charge is 2.12. The number of thiazole rings is 1. The summed E-state index contributed by atoms with van der Waals surface area (Å²) in [5, 5.41) is 0. The molecule has 19 heavy (non-hydrogen) atoms. The van der Waals surface area contributed by atoms with Gasteiger partial charge in [-0.3, -0.25) is 0 Å². The van der Waals surface area contributed by atoms with Crippen molar-refractivity contribution in [3.8, 4) is 0 Å². The van der Waals surface area contributed by atoms with Crippen molar-refractivity contribution >= 4 is 27.0 Å². The monoisotopic (exact) mass is 297 g/mol. The number of hydrogen-bond donors (Lipinski definition) is 2. The minimum absolute atomic E-state index is 0.0505. The Morgan fingerprint density at radius 1 is 1.32 bits per heavy atom. The highest BCUT2D eigenvalue weighted by molar-refractivity contribution is 7.88. The van der Waals surface area contributed by atoms with Crippen molar-refractivity contribution in [2.24, 2.45) is 0 Å². The average Bonchev–Trinajstić information content (AvgIpc) is 2.75. The number of sulfonamides is 1. The zero-order valence-corrected chi connectivity index (χ0v) is 12.1. The molecule has 0 saturated carbocycles. The summed E-state index contributed by atoms with van der Waals surface area (Å²) in [6.07, 6.45) is 0. The molecular weight excluding hydrogens is 282 g/mol. The second-order valence-corrected chi connectivity index (χ2v) is 6.93. The number of nitrogens with two attached hydrogens (primary N) is 1. The SMILES string of the molecule is Cc1ncsc1CNS(=O)(=O)Cc1ccc(N)cc1. The van der Waals surface area contributed by atoms with Crippen LogP contribution in [0.25, 0.3) is 0 Å².